The molecule has 3 fully saturated rings. The highest BCUT2D eigenvalue weighted by Crippen LogP contribution is 2.64. The van der Waals surface area contributed by atoms with Crippen LogP contribution in [0.2, 0.25) is 0 Å². The lowest BCUT2D eigenvalue weighted by Crippen LogP contribution is -2.41. The molecule has 2 spiro atoms. The van der Waals surface area contributed by atoms with Crippen LogP contribution in [0.1, 0.15) is 41.6 Å². The lowest BCUT2D eigenvalue weighted by Gasteiger charge is -2.31. The average molecular weight is 421 g/mol. The summed E-state index contributed by atoms with van der Waals surface area (Å²) in [5, 5.41) is 7.33. The van der Waals surface area contributed by atoms with E-state index in [1.54, 1.807) is 12.3 Å². The van der Waals surface area contributed by atoms with Crippen molar-refractivity contribution in [2.45, 2.75) is 36.8 Å². The SMILES string of the molecule is Nc1nn2ccc3nc2c1C(=O)NC1(CC1)COc1ncc(F)cc1[C@@]12C[C@@H]1CCN32. The van der Waals surface area contributed by atoms with Gasteiger partial charge in [0, 0.05) is 18.3 Å². The van der Waals surface area contributed by atoms with Crippen LogP contribution in [-0.4, -0.2) is 44.2 Å². The average Bonchev–Trinajstić information content (AvgIpc) is 3.61. The number of anilines is 2. The zero-order chi connectivity index (χ0) is 21.0. The summed E-state index contributed by atoms with van der Waals surface area (Å²) in [7, 11) is 0. The molecule has 1 amide bonds. The van der Waals surface area contributed by atoms with Crippen molar-refractivity contribution in [1.82, 2.24) is 24.9 Å². The molecule has 7 rings (SSSR count). The molecule has 31 heavy (non-hydrogen) atoms. The van der Waals surface area contributed by atoms with Gasteiger partial charge in [-0.25, -0.2) is 18.9 Å². The number of amides is 1. The lowest BCUT2D eigenvalue weighted by molar-refractivity contribution is 0.0914. The molecule has 9 nitrogen and oxygen atoms in total. The number of nitrogens with two attached hydrogens (primary N) is 1. The Morgan fingerprint density at radius 3 is 3.03 bits per heavy atom. The summed E-state index contributed by atoms with van der Waals surface area (Å²) in [6.45, 7) is 1.04. The van der Waals surface area contributed by atoms with E-state index < -0.39 is 11.1 Å². The van der Waals surface area contributed by atoms with Gasteiger partial charge in [-0.3, -0.25) is 4.79 Å². The summed E-state index contributed by atoms with van der Waals surface area (Å²) in [5.41, 5.74) is 6.65. The van der Waals surface area contributed by atoms with Gasteiger partial charge in [-0.15, -0.1) is 5.10 Å². The number of ether oxygens (including phenoxy) is 1. The molecule has 2 saturated carbocycles. The number of aromatic nitrogens is 4. The molecule has 0 radical (unpaired) electrons. The van der Waals surface area contributed by atoms with E-state index >= 15 is 0 Å². The van der Waals surface area contributed by atoms with Crippen molar-refractivity contribution >= 4 is 23.2 Å². The van der Waals surface area contributed by atoms with E-state index in [9.17, 15) is 9.18 Å². The van der Waals surface area contributed by atoms with Gasteiger partial charge in [-0.1, -0.05) is 0 Å². The third-order valence-electron chi connectivity index (χ3n) is 7.26. The second-order valence-corrected chi connectivity index (χ2v) is 9.11. The van der Waals surface area contributed by atoms with Gasteiger partial charge in [0.15, 0.2) is 11.5 Å². The minimum Gasteiger partial charge on any atom is -0.475 e. The maximum atomic E-state index is 14.3. The molecule has 3 aromatic rings. The smallest absolute Gasteiger partial charge is 0.259 e. The van der Waals surface area contributed by atoms with Crippen molar-refractivity contribution < 1.29 is 13.9 Å². The van der Waals surface area contributed by atoms with Crippen LogP contribution in [0.25, 0.3) is 5.65 Å². The maximum Gasteiger partial charge on any atom is 0.259 e. The second kappa shape index (κ2) is 5.43. The molecule has 2 bridgehead atoms. The van der Waals surface area contributed by atoms with Crippen molar-refractivity contribution in [3.8, 4) is 5.88 Å². The van der Waals surface area contributed by atoms with Crippen LogP contribution in [0.4, 0.5) is 16.0 Å². The summed E-state index contributed by atoms with van der Waals surface area (Å²) in [6, 6.07) is 3.40. The molecule has 2 atom stereocenters. The van der Waals surface area contributed by atoms with Crippen molar-refractivity contribution in [1.29, 1.82) is 0 Å². The number of carbonyl (C=O) groups excluding carboxylic acids is 1. The predicted octanol–water partition coefficient (Wildman–Crippen LogP) is 1.63. The Balaban J connectivity index is 1.47. The number of nitrogen functional groups attached to an aromatic ring is 1. The van der Waals surface area contributed by atoms with Crippen LogP contribution < -0.4 is 20.7 Å². The number of rotatable bonds is 0. The van der Waals surface area contributed by atoms with Crippen molar-refractivity contribution in [3.05, 3.63) is 41.5 Å². The molecule has 4 aliphatic rings. The lowest BCUT2D eigenvalue weighted by atomic mass is 10.0. The second-order valence-electron chi connectivity index (χ2n) is 9.11. The van der Waals surface area contributed by atoms with Gasteiger partial charge < -0.3 is 20.7 Å². The Kier molecular flexibility index (Phi) is 3.02. The Hall–Kier alpha value is -3.43. The molecule has 2 aliphatic heterocycles. The van der Waals surface area contributed by atoms with Crippen LogP contribution in [-0.2, 0) is 5.54 Å². The highest BCUT2D eigenvalue weighted by molar-refractivity contribution is 6.04. The fourth-order valence-electron chi connectivity index (χ4n) is 5.39. The molecule has 1 saturated heterocycles. The van der Waals surface area contributed by atoms with Gasteiger partial charge in [-0.05, 0) is 43.7 Å². The van der Waals surface area contributed by atoms with Crippen LogP contribution >= 0.6 is 0 Å². The Bertz CT molecular complexity index is 1290. The summed E-state index contributed by atoms with van der Waals surface area (Å²) in [5.74, 6) is 0.954. The zero-order valence-electron chi connectivity index (χ0n) is 16.6. The summed E-state index contributed by atoms with van der Waals surface area (Å²) in [4.78, 5) is 24.4. The minimum atomic E-state index is -0.493. The largest absolute Gasteiger partial charge is 0.475 e. The van der Waals surface area contributed by atoms with E-state index in [0.717, 1.165) is 37.8 Å². The fourth-order valence-corrected chi connectivity index (χ4v) is 5.39. The minimum absolute atomic E-state index is 0.140. The van der Waals surface area contributed by atoms with E-state index in [2.05, 4.69) is 20.3 Å². The molecule has 0 aromatic carbocycles. The van der Waals surface area contributed by atoms with Crippen LogP contribution in [0, 0.1) is 11.7 Å². The van der Waals surface area contributed by atoms with Crippen LogP contribution in [0.5, 0.6) is 5.88 Å². The molecule has 3 N–H and O–H groups in total. The number of fused-ring (bicyclic) bond motifs is 3. The van der Waals surface area contributed by atoms with Gasteiger partial charge in [0.1, 0.15) is 23.8 Å². The first-order chi connectivity index (χ1) is 15.0. The first kappa shape index (κ1) is 17.3. The summed E-state index contributed by atoms with van der Waals surface area (Å²) < 4.78 is 22.0. The Labute approximate surface area is 176 Å². The van der Waals surface area contributed by atoms with E-state index in [4.69, 9.17) is 15.5 Å². The van der Waals surface area contributed by atoms with Crippen LogP contribution in [0.3, 0.4) is 0 Å². The molecular weight excluding hydrogens is 401 g/mol. The molecule has 10 heteroatoms. The molecule has 5 heterocycles. The molecular formula is C21H20FN7O2. The monoisotopic (exact) mass is 421 g/mol. The highest BCUT2D eigenvalue weighted by Gasteiger charge is 2.65. The van der Waals surface area contributed by atoms with E-state index in [0.29, 0.717) is 23.3 Å². The number of hydrogen-bond donors (Lipinski definition) is 2. The number of hydrogen-bond acceptors (Lipinski definition) is 7. The van der Waals surface area contributed by atoms with Gasteiger partial charge in [-0.2, -0.15) is 0 Å². The van der Waals surface area contributed by atoms with Gasteiger partial charge >= 0.3 is 0 Å². The first-order valence-corrected chi connectivity index (χ1v) is 10.5. The van der Waals surface area contributed by atoms with Gasteiger partial charge in [0.2, 0.25) is 5.88 Å². The summed E-state index contributed by atoms with van der Waals surface area (Å²) >= 11 is 0. The van der Waals surface area contributed by atoms with E-state index in [1.807, 2.05) is 6.07 Å². The number of carbonyl (C=O) groups is 1. The number of pyridine rings is 1. The number of nitrogens with one attached hydrogen (secondary N) is 1. The molecule has 2 aliphatic carbocycles. The topological polar surface area (TPSA) is 111 Å². The van der Waals surface area contributed by atoms with Gasteiger partial charge in [0.25, 0.3) is 5.91 Å². The first-order valence-electron chi connectivity index (χ1n) is 10.5. The van der Waals surface area contributed by atoms with Crippen molar-refractivity contribution in [2.24, 2.45) is 5.92 Å². The highest BCUT2D eigenvalue weighted by atomic mass is 19.1. The van der Waals surface area contributed by atoms with Gasteiger partial charge in [0.05, 0.1) is 17.3 Å². The van der Waals surface area contributed by atoms with Crippen molar-refractivity contribution in [2.75, 3.05) is 23.8 Å². The number of piperidine rings is 1. The third kappa shape index (κ3) is 2.24. The molecule has 158 valence electrons. The van der Waals surface area contributed by atoms with Crippen LogP contribution in [0.15, 0.2) is 24.5 Å². The van der Waals surface area contributed by atoms with Crippen molar-refractivity contribution in [3.63, 3.8) is 0 Å². The number of nitrogens with zero attached hydrogens (tertiary/aromatic N) is 5. The molecule has 3 aromatic heterocycles. The third-order valence-corrected chi connectivity index (χ3v) is 7.26. The van der Waals surface area contributed by atoms with E-state index in [1.165, 1.54) is 10.7 Å². The summed E-state index contributed by atoms with van der Waals surface area (Å²) in [6.07, 6.45) is 6.38. The Morgan fingerprint density at radius 1 is 1.35 bits per heavy atom. The standard InChI is InChI=1S/C21H20FN7O2/c22-12-7-13-19(24-9-12)31-10-20(3-4-20)26-18(30)15-16(23)27-29-6-2-14(25-17(15)29)28-5-1-11-8-21(11,13)28/h2,6-7,9,11H,1,3-5,8,10H2,(H2,23,27)(H,26,30)/t11-,21+/m0/s1. The predicted molar refractivity (Wildman–Crippen MR) is 108 cm³/mol. The van der Waals surface area contributed by atoms with E-state index in [-0.39, 0.29) is 29.7 Å². The normalized spacial score (nSPS) is 27.5. The fraction of sp³-hybridized carbons (Fsp3) is 0.429. The quantitative estimate of drug-likeness (QED) is 0.568. The zero-order valence-corrected chi connectivity index (χ0v) is 16.6. The number of halogens is 1. The molecule has 0 unspecified atom stereocenters. The maximum absolute atomic E-state index is 14.3. The Morgan fingerprint density at radius 2 is 2.23 bits per heavy atom.